The van der Waals surface area contributed by atoms with Gasteiger partial charge in [0.1, 0.15) is 18.9 Å². The first-order chi connectivity index (χ1) is 13.4. The molecule has 2 aromatic heterocycles. The molecule has 2 heterocycles. The number of amides is 1. The summed E-state index contributed by atoms with van der Waals surface area (Å²) in [6.45, 7) is 3.74. The van der Waals surface area contributed by atoms with Gasteiger partial charge in [-0.15, -0.1) is 17.9 Å². The summed E-state index contributed by atoms with van der Waals surface area (Å²) in [7, 11) is 0. The third kappa shape index (κ3) is 4.38. The molecule has 3 rings (SSSR count). The van der Waals surface area contributed by atoms with Gasteiger partial charge >= 0.3 is 5.69 Å². The summed E-state index contributed by atoms with van der Waals surface area (Å²) >= 11 is 13.3. The van der Waals surface area contributed by atoms with Crippen LogP contribution >= 0.6 is 34.5 Å². The van der Waals surface area contributed by atoms with Crippen LogP contribution in [0.2, 0.25) is 10.0 Å². The molecule has 0 unspecified atom stereocenters. The Morgan fingerprint density at radius 3 is 2.82 bits per heavy atom. The molecule has 0 aliphatic carbocycles. The van der Waals surface area contributed by atoms with Crippen LogP contribution in [-0.2, 0) is 11.3 Å². The van der Waals surface area contributed by atoms with E-state index in [0.29, 0.717) is 20.9 Å². The molecular weight excluding hydrogens is 425 g/mol. The third-order valence-electron chi connectivity index (χ3n) is 3.68. The van der Waals surface area contributed by atoms with Crippen LogP contribution in [0.15, 0.2) is 48.6 Å². The standard InChI is InChI=1S/C17H13Cl2N5O3S/c1-2-5-23(16(25)9-22-8-12(7-20-22)24(26)27)17-21-15(10-28-17)11-3-4-13(18)14(19)6-11/h2-4,6-8,10H,1,5,9H2. The fourth-order valence-corrected chi connectivity index (χ4v) is 3.51. The third-order valence-corrected chi connectivity index (χ3v) is 5.28. The van der Waals surface area contributed by atoms with E-state index < -0.39 is 4.92 Å². The molecule has 0 atom stereocenters. The van der Waals surface area contributed by atoms with Gasteiger partial charge in [-0.25, -0.2) is 4.98 Å². The predicted molar refractivity (Wildman–Crippen MR) is 109 cm³/mol. The van der Waals surface area contributed by atoms with Crippen LogP contribution in [0, 0.1) is 10.1 Å². The van der Waals surface area contributed by atoms with E-state index in [1.165, 1.54) is 27.1 Å². The molecule has 144 valence electrons. The van der Waals surface area contributed by atoms with Crippen molar-refractivity contribution >= 4 is 51.3 Å². The number of carbonyl (C=O) groups excluding carboxylic acids is 1. The molecule has 0 fully saturated rings. The van der Waals surface area contributed by atoms with Gasteiger partial charge in [0.25, 0.3) is 5.91 Å². The maximum atomic E-state index is 12.7. The van der Waals surface area contributed by atoms with Crippen LogP contribution in [0.5, 0.6) is 0 Å². The summed E-state index contributed by atoms with van der Waals surface area (Å²) in [4.78, 5) is 28.8. The molecule has 0 radical (unpaired) electrons. The number of benzene rings is 1. The predicted octanol–water partition coefficient (Wildman–Crippen LogP) is 4.44. The molecule has 8 nitrogen and oxygen atoms in total. The molecule has 0 spiro atoms. The van der Waals surface area contributed by atoms with E-state index in [4.69, 9.17) is 23.2 Å². The zero-order chi connectivity index (χ0) is 20.3. The van der Waals surface area contributed by atoms with Crippen LogP contribution in [0.4, 0.5) is 10.8 Å². The van der Waals surface area contributed by atoms with Gasteiger partial charge in [-0.3, -0.25) is 24.5 Å². The van der Waals surface area contributed by atoms with Crippen LogP contribution in [0.1, 0.15) is 0 Å². The first kappa shape index (κ1) is 20.0. The Balaban J connectivity index is 1.82. The summed E-state index contributed by atoms with van der Waals surface area (Å²) in [6, 6.07) is 5.16. The van der Waals surface area contributed by atoms with Crippen molar-refractivity contribution in [1.29, 1.82) is 0 Å². The lowest BCUT2D eigenvalue weighted by atomic mass is 10.2. The maximum Gasteiger partial charge on any atom is 0.307 e. The van der Waals surface area contributed by atoms with E-state index in [1.54, 1.807) is 29.7 Å². The minimum absolute atomic E-state index is 0.163. The molecule has 0 aliphatic heterocycles. The number of hydrogen-bond donors (Lipinski definition) is 0. The summed E-state index contributed by atoms with van der Waals surface area (Å²) in [6.07, 6.45) is 3.87. The number of nitro groups is 1. The Labute approximate surface area is 173 Å². The number of hydrogen-bond acceptors (Lipinski definition) is 6. The number of aromatic nitrogens is 3. The summed E-state index contributed by atoms with van der Waals surface area (Å²) in [5.41, 5.74) is 1.24. The zero-order valence-corrected chi connectivity index (χ0v) is 16.6. The number of thiazole rings is 1. The first-order valence-electron chi connectivity index (χ1n) is 7.88. The maximum absolute atomic E-state index is 12.7. The van der Waals surface area contributed by atoms with Gasteiger partial charge in [-0.05, 0) is 12.1 Å². The number of anilines is 1. The van der Waals surface area contributed by atoms with E-state index in [0.717, 1.165) is 11.8 Å². The topological polar surface area (TPSA) is 94.2 Å². The molecular formula is C17H13Cl2N5O3S. The van der Waals surface area contributed by atoms with Crippen molar-refractivity contribution in [3.8, 4) is 11.3 Å². The summed E-state index contributed by atoms with van der Waals surface area (Å²) < 4.78 is 1.21. The van der Waals surface area contributed by atoms with Gasteiger partial charge in [0.05, 0.1) is 20.7 Å². The molecule has 0 aliphatic rings. The second kappa shape index (κ2) is 8.51. The van der Waals surface area contributed by atoms with Crippen LogP contribution < -0.4 is 4.90 Å². The Hall–Kier alpha value is -2.75. The minimum Gasteiger partial charge on any atom is -0.283 e. The number of rotatable bonds is 7. The lowest BCUT2D eigenvalue weighted by Gasteiger charge is -2.17. The van der Waals surface area contributed by atoms with Gasteiger partial charge in [0, 0.05) is 17.5 Å². The van der Waals surface area contributed by atoms with Crippen molar-refractivity contribution < 1.29 is 9.72 Å². The highest BCUT2D eigenvalue weighted by Gasteiger charge is 2.20. The number of halogens is 2. The highest BCUT2D eigenvalue weighted by molar-refractivity contribution is 7.14. The molecule has 11 heteroatoms. The second-order valence-electron chi connectivity index (χ2n) is 5.59. The summed E-state index contributed by atoms with van der Waals surface area (Å²) in [5, 5.41) is 17.7. The number of carbonyl (C=O) groups is 1. The first-order valence-corrected chi connectivity index (χ1v) is 9.51. The van der Waals surface area contributed by atoms with Gasteiger partial charge in [0.15, 0.2) is 5.13 Å². The smallest absolute Gasteiger partial charge is 0.283 e. The van der Waals surface area contributed by atoms with Crippen molar-refractivity contribution in [2.75, 3.05) is 11.4 Å². The van der Waals surface area contributed by atoms with E-state index in [2.05, 4.69) is 16.7 Å². The molecule has 1 aromatic carbocycles. The van der Waals surface area contributed by atoms with Crippen molar-refractivity contribution in [3.63, 3.8) is 0 Å². The average molecular weight is 438 g/mol. The lowest BCUT2D eigenvalue weighted by Crippen LogP contribution is -2.34. The molecule has 28 heavy (non-hydrogen) atoms. The fraction of sp³-hybridized carbons (Fsp3) is 0.118. The Morgan fingerprint density at radius 1 is 1.39 bits per heavy atom. The highest BCUT2D eigenvalue weighted by Crippen LogP contribution is 2.31. The SMILES string of the molecule is C=CCN(C(=O)Cn1cc([N+](=O)[O-])cn1)c1nc(-c2ccc(Cl)c(Cl)c2)cs1. The summed E-state index contributed by atoms with van der Waals surface area (Å²) in [5.74, 6) is -0.326. The Morgan fingerprint density at radius 2 is 2.18 bits per heavy atom. The quantitative estimate of drug-likeness (QED) is 0.309. The van der Waals surface area contributed by atoms with E-state index >= 15 is 0 Å². The average Bonchev–Trinajstić information content (AvgIpc) is 3.31. The van der Waals surface area contributed by atoms with Gasteiger partial charge in [-0.1, -0.05) is 35.3 Å². The molecule has 0 N–H and O–H groups in total. The van der Waals surface area contributed by atoms with Crippen molar-refractivity contribution in [1.82, 2.24) is 14.8 Å². The van der Waals surface area contributed by atoms with E-state index in [1.807, 2.05) is 0 Å². The minimum atomic E-state index is -0.570. The Bertz CT molecular complexity index is 1050. The molecule has 3 aromatic rings. The second-order valence-corrected chi connectivity index (χ2v) is 7.24. The van der Waals surface area contributed by atoms with Gasteiger partial charge in [-0.2, -0.15) is 5.10 Å². The molecule has 0 saturated carbocycles. The normalized spacial score (nSPS) is 10.6. The zero-order valence-electron chi connectivity index (χ0n) is 14.3. The molecule has 1 amide bonds. The lowest BCUT2D eigenvalue weighted by molar-refractivity contribution is -0.385. The van der Waals surface area contributed by atoms with E-state index in [-0.39, 0.29) is 24.7 Å². The van der Waals surface area contributed by atoms with Crippen molar-refractivity contribution in [3.05, 3.63) is 68.8 Å². The van der Waals surface area contributed by atoms with Crippen molar-refractivity contribution in [2.45, 2.75) is 6.54 Å². The van der Waals surface area contributed by atoms with Gasteiger partial charge in [0.2, 0.25) is 0 Å². The molecule has 0 bridgehead atoms. The fourth-order valence-electron chi connectivity index (χ4n) is 2.35. The number of nitrogens with zero attached hydrogens (tertiary/aromatic N) is 5. The largest absolute Gasteiger partial charge is 0.307 e. The van der Waals surface area contributed by atoms with Gasteiger partial charge < -0.3 is 0 Å². The van der Waals surface area contributed by atoms with E-state index in [9.17, 15) is 14.9 Å². The monoisotopic (exact) mass is 437 g/mol. The highest BCUT2D eigenvalue weighted by atomic mass is 35.5. The van der Waals surface area contributed by atoms with Crippen molar-refractivity contribution in [2.24, 2.45) is 0 Å². The Kier molecular flexibility index (Phi) is 6.08. The van der Waals surface area contributed by atoms with Crippen LogP contribution in [0.25, 0.3) is 11.3 Å². The van der Waals surface area contributed by atoms with Crippen LogP contribution in [-0.4, -0.2) is 32.1 Å². The van der Waals surface area contributed by atoms with Crippen LogP contribution in [0.3, 0.4) is 0 Å². The molecule has 0 saturated heterocycles.